The van der Waals surface area contributed by atoms with E-state index in [2.05, 4.69) is 32.0 Å². The van der Waals surface area contributed by atoms with Crippen molar-refractivity contribution in [2.75, 3.05) is 45.8 Å². The van der Waals surface area contributed by atoms with Crippen molar-refractivity contribution >= 4 is 5.91 Å². The summed E-state index contributed by atoms with van der Waals surface area (Å²) in [5, 5.41) is 3.55. The van der Waals surface area contributed by atoms with Gasteiger partial charge in [0.05, 0.1) is 17.0 Å². The molecule has 0 bridgehead atoms. The summed E-state index contributed by atoms with van der Waals surface area (Å²) in [6, 6.07) is 1.55. The lowest BCUT2D eigenvalue weighted by atomic mass is 9.84. The molecule has 3 saturated heterocycles. The summed E-state index contributed by atoms with van der Waals surface area (Å²) < 4.78 is 0. The molecule has 4 fully saturated rings. The van der Waals surface area contributed by atoms with Gasteiger partial charge in [-0.15, -0.1) is 0 Å². The fourth-order valence-corrected chi connectivity index (χ4v) is 6.64. The molecule has 7 nitrogen and oxygen atoms in total. The van der Waals surface area contributed by atoms with E-state index in [0.29, 0.717) is 5.56 Å². The van der Waals surface area contributed by atoms with E-state index in [9.17, 15) is 4.79 Å². The first-order valence-corrected chi connectivity index (χ1v) is 13.7. The maximum atomic E-state index is 13.2. The van der Waals surface area contributed by atoms with Crippen LogP contribution in [-0.4, -0.2) is 94.0 Å². The summed E-state index contributed by atoms with van der Waals surface area (Å²) >= 11 is 0. The number of carbonyl (C=O) groups is 1. The first-order chi connectivity index (χ1) is 16.4. The summed E-state index contributed by atoms with van der Waals surface area (Å²) in [4.78, 5) is 29.5. The van der Waals surface area contributed by atoms with Gasteiger partial charge in [0.1, 0.15) is 6.33 Å². The molecule has 0 unspecified atom stereocenters. The van der Waals surface area contributed by atoms with E-state index in [0.717, 1.165) is 55.3 Å². The van der Waals surface area contributed by atoms with Crippen LogP contribution in [0.1, 0.15) is 80.0 Å². The molecule has 4 aliphatic rings. The highest BCUT2D eigenvalue weighted by Crippen LogP contribution is 2.36. The van der Waals surface area contributed by atoms with Crippen molar-refractivity contribution in [3.05, 3.63) is 23.3 Å². The van der Waals surface area contributed by atoms with Gasteiger partial charge in [0, 0.05) is 50.3 Å². The van der Waals surface area contributed by atoms with Gasteiger partial charge in [0.2, 0.25) is 0 Å². The number of aromatic nitrogens is 2. The summed E-state index contributed by atoms with van der Waals surface area (Å²) in [6.45, 7) is 14.0. The fraction of sp³-hybridized carbons (Fsp3) is 0.815. The van der Waals surface area contributed by atoms with Gasteiger partial charge in [-0.2, -0.15) is 0 Å². The molecule has 4 heterocycles. The largest absolute Gasteiger partial charge is 0.338 e. The SMILES string of the molecule is Cc1ncnc(C)c1C(=O)N1CCC(C)(N2CCC(N(CC3CC3)C3CCNCC3)CC2)CC1. The zero-order valence-corrected chi connectivity index (χ0v) is 21.6. The van der Waals surface area contributed by atoms with Gasteiger partial charge < -0.3 is 10.2 Å². The van der Waals surface area contributed by atoms with Crippen LogP contribution in [0.4, 0.5) is 0 Å². The van der Waals surface area contributed by atoms with Crippen molar-refractivity contribution in [1.82, 2.24) is 30.0 Å². The highest BCUT2D eigenvalue weighted by Gasteiger charge is 2.41. The van der Waals surface area contributed by atoms with Crippen LogP contribution >= 0.6 is 0 Å². The third-order valence-electron chi connectivity index (χ3n) is 9.21. The number of amides is 1. The second-order valence-electron chi connectivity index (χ2n) is 11.5. The fourth-order valence-electron chi connectivity index (χ4n) is 6.64. The lowest BCUT2D eigenvalue weighted by Gasteiger charge is -2.51. The van der Waals surface area contributed by atoms with E-state index in [4.69, 9.17) is 0 Å². The minimum Gasteiger partial charge on any atom is -0.338 e. The topological polar surface area (TPSA) is 64.6 Å². The van der Waals surface area contributed by atoms with Crippen molar-refractivity contribution in [3.8, 4) is 0 Å². The lowest BCUT2D eigenvalue weighted by molar-refractivity contribution is -0.00891. The quantitative estimate of drug-likeness (QED) is 0.692. The summed E-state index contributed by atoms with van der Waals surface area (Å²) in [5.41, 5.74) is 2.48. The Morgan fingerprint density at radius 3 is 2.15 bits per heavy atom. The first kappa shape index (κ1) is 24.1. The molecule has 5 rings (SSSR count). The molecule has 188 valence electrons. The minimum atomic E-state index is 0.106. The molecule has 1 saturated carbocycles. The molecule has 0 aromatic carbocycles. The van der Waals surface area contributed by atoms with Crippen LogP contribution in [-0.2, 0) is 0 Å². The van der Waals surface area contributed by atoms with E-state index >= 15 is 0 Å². The summed E-state index contributed by atoms with van der Waals surface area (Å²) in [5.74, 6) is 1.07. The Bertz CT molecular complexity index is 828. The Morgan fingerprint density at radius 2 is 1.56 bits per heavy atom. The smallest absolute Gasteiger partial charge is 0.257 e. The molecule has 0 radical (unpaired) electrons. The molecule has 1 aliphatic carbocycles. The number of rotatable bonds is 6. The van der Waals surface area contributed by atoms with Crippen molar-refractivity contribution in [2.24, 2.45) is 5.92 Å². The molecule has 34 heavy (non-hydrogen) atoms. The lowest BCUT2D eigenvalue weighted by Crippen LogP contribution is -2.59. The molecular weight excluding hydrogens is 424 g/mol. The summed E-state index contributed by atoms with van der Waals surface area (Å²) in [7, 11) is 0. The zero-order valence-electron chi connectivity index (χ0n) is 21.6. The van der Waals surface area contributed by atoms with Gasteiger partial charge in [0.25, 0.3) is 5.91 Å². The van der Waals surface area contributed by atoms with Gasteiger partial charge in [-0.25, -0.2) is 9.97 Å². The van der Waals surface area contributed by atoms with Gasteiger partial charge in [-0.3, -0.25) is 14.6 Å². The predicted molar refractivity (Wildman–Crippen MR) is 135 cm³/mol. The highest BCUT2D eigenvalue weighted by atomic mass is 16.2. The van der Waals surface area contributed by atoms with E-state index in [1.807, 2.05) is 18.7 Å². The Balaban J connectivity index is 1.16. The molecule has 7 heteroatoms. The molecule has 1 amide bonds. The maximum Gasteiger partial charge on any atom is 0.257 e. The molecule has 0 spiro atoms. The Morgan fingerprint density at radius 1 is 0.971 bits per heavy atom. The normalized spacial score (nSPS) is 25.1. The molecule has 0 atom stereocenters. The number of aryl methyl sites for hydroxylation is 2. The van der Waals surface area contributed by atoms with Gasteiger partial charge >= 0.3 is 0 Å². The number of piperidine rings is 3. The number of likely N-dealkylation sites (tertiary alicyclic amines) is 2. The minimum absolute atomic E-state index is 0.106. The van der Waals surface area contributed by atoms with Crippen molar-refractivity contribution in [3.63, 3.8) is 0 Å². The summed E-state index contributed by atoms with van der Waals surface area (Å²) in [6.07, 6.45) is 11.8. The zero-order chi connectivity index (χ0) is 23.7. The molecule has 1 N–H and O–H groups in total. The average Bonchev–Trinajstić information content (AvgIpc) is 3.68. The Kier molecular flexibility index (Phi) is 7.24. The van der Waals surface area contributed by atoms with E-state index < -0.39 is 0 Å². The molecule has 3 aliphatic heterocycles. The second-order valence-corrected chi connectivity index (χ2v) is 11.5. The molecule has 1 aromatic heterocycles. The number of hydrogen-bond donors (Lipinski definition) is 1. The molecular formula is C27H44N6O. The van der Waals surface area contributed by atoms with Crippen molar-refractivity contribution < 1.29 is 4.79 Å². The van der Waals surface area contributed by atoms with Crippen LogP contribution in [0.3, 0.4) is 0 Å². The standard InChI is InChI=1S/C27H44N6O/c1-20-25(21(2)30-19-29-20)26(34)31-16-10-27(3,11-17-31)32-14-8-24(9-15-32)33(18-22-4-5-22)23-6-12-28-13-7-23/h19,22-24,28H,4-18H2,1-3H3. The molecule has 1 aromatic rings. The number of hydrogen-bond acceptors (Lipinski definition) is 6. The van der Waals surface area contributed by atoms with Crippen molar-refractivity contribution in [2.45, 2.75) is 89.8 Å². The maximum absolute atomic E-state index is 13.2. The number of carbonyl (C=O) groups excluding carboxylic acids is 1. The van der Waals surface area contributed by atoms with Crippen LogP contribution in [0, 0.1) is 19.8 Å². The van der Waals surface area contributed by atoms with Gasteiger partial charge in [-0.05, 0) is 91.1 Å². The Hall–Kier alpha value is -1.57. The van der Waals surface area contributed by atoms with Crippen LogP contribution < -0.4 is 5.32 Å². The van der Waals surface area contributed by atoms with E-state index in [1.165, 1.54) is 71.2 Å². The number of nitrogens with one attached hydrogen (secondary N) is 1. The Labute approximate surface area is 205 Å². The number of nitrogens with zero attached hydrogens (tertiary/aromatic N) is 5. The van der Waals surface area contributed by atoms with Crippen LogP contribution in [0.2, 0.25) is 0 Å². The van der Waals surface area contributed by atoms with E-state index in [1.54, 1.807) is 6.33 Å². The third kappa shape index (κ3) is 5.17. The highest BCUT2D eigenvalue weighted by molar-refractivity contribution is 5.96. The third-order valence-corrected chi connectivity index (χ3v) is 9.21. The van der Waals surface area contributed by atoms with Crippen molar-refractivity contribution in [1.29, 1.82) is 0 Å². The van der Waals surface area contributed by atoms with E-state index in [-0.39, 0.29) is 11.4 Å². The second kappa shape index (κ2) is 10.2. The van der Waals surface area contributed by atoms with Crippen LogP contribution in [0.25, 0.3) is 0 Å². The van der Waals surface area contributed by atoms with Gasteiger partial charge in [0.15, 0.2) is 0 Å². The van der Waals surface area contributed by atoms with Gasteiger partial charge in [-0.1, -0.05) is 0 Å². The van der Waals surface area contributed by atoms with Crippen LogP contribution in [0.5, 0.6) is 0 Å². The predicted octanol–water partition coefficient (Wildman–Crippen LogP) is 3.02. The monoisotopic (exact) mass is 468 g/mol. The average molecular weight is 469 g/mol. The van der Waals surface area contributed by atoms with Crippen LogP contribution in [0.15, 0.2) is 6.33 Å². The first-order valence-electron chi connectivity index (χ1n) is 13.7.